The Kier molecular flexibility index (Phi) is 5.90. The highest BCUT2D eigenvalue weighted by Crippen LogP contribution is 2.26. The first-order valence-electron chi connectivity index (χ1n) is 10.3. The first-order chi connectivity index (χ1) is 17.1. The minimum absolute atomic E-state index is 0.0126. The van der Waals surface area contributed by atoms with Crippen molar-refractivity contribution in [1.82, 2.24) is 19.5 Å². The van der Waals surface area contributed by atoms with Gasteiger partial charge in [-0.25, -0.2) is 9.37 Å². The Balaban J connectivity index is 2.02. The lowest BCUT2D eigenvalue weighted by atomic mass is 10.1. The fraction of sp³-hybridized carbons (Fsp3) is 0.0870. The van der Waals surface area contributed by atoms with Crippen LogP contribution in [0.5, 0.6) is 0 Å². The van der Waals surface area contributed by atoms with Crippen LogP contribution in [0, 0.1) is 28.5 Å². The fourth-order valence-electron chi connectivity index (χ4n) is 3.68. The van der Waals surface area contributed by atoms with Crippen LogP contribution in [0.4, 0.5) is 22.0 Å². The van der Waals surface area contributed by atoms with Crippen LogP contribution in [0.2, 0.25) is 0 Å². The maximum absolute atomic E-state index is 14.2. The van der Waals surface area contributed by atoms with Gasteiger partial charge in [0.2, 0.25) is 11.9 Å². The Labute approximate surface area is 202 Å². The van der Waals surface area contributed by atoms with Crippen molar-refractivity contribution >= 4 is 34.4 Å². The van der Waals surface area contributed by atoms with Crippen molar-refractivity contribution in [3.8, 4) is 17.8 Å². The predicted octanol–water partition coefficient (Wildman–Crippen LogP) is 1.49. The van der Waals surface area contributed by atoms with Crippen LogP contribution >= 0.6 is 0 Å². The molecule has 13 heteroatoms. The Bertz CT molecular complexity index is 1700. The van der Waals surface area contributed by atoms with Crippen LogP contribution < -0.4 is 28.1 Å². The summed E-state index contributed by atoms with van der Waals surface area (Å²) < 4.78 is 15.4. The largest absolute Gasteiger partial charge is 0.382 e. The average Bonchev–Trinajstić information content (AvgIpc) is 2.83. The number of fused-ring (bicyclic) bond motifs is 1. The number of nitrogens with one attached hydrogen (secondary N) is 1. The molecule has 0 saturated carbocycles. The highest BCUT2D eigenvalue weighted by Gasteiger charge is 2.23. The van der Waals surface area contributed by atoms with E-state index in [1.807, 2.05) is 12.1 Å². The third kappa shape index (κ3) is 4.08. The van der Waals surface area contributed by atoms with Crippen molar-refractivity contribution in [2.75, 3.05) is 16.8 Å². The number of carbonyl (C=O) groups is 1. The second-order valence-corrected chi connectivity index (χ2v) is 7.65. The SMILES string of the molecule is CC(Nc1nc(N)nc(N)c1C#N)c1nc2c(C#N)cc(F)cc2c(=O)n1-c1cccc(C(N)=O)c1. The van der Waals surface area contributed by atoms with Gasteiger partial charge in [0.05, 0.1) is 28.2 Å². The number of nitrogen functional groups attached to an aromatic ring is 2. The lowest BCUT2D eigenvalue weighted by Crippen LogP contribution is -2.28. The summed E-state index contributed by atoms with van der Waals surface area (Å²) in [6, 6.07) is 10.7. The van der Waals surface area contributed by atoms with E-state index in [1.165, 1.54) is 24.3 Å². The number of hydrogen-bond donors (Lipinski definition) is 4. The summed E-state index contributed by atoms with van der Waals surface area (Å²) >= 11 is 0. The van der Waals surface area contributed by atoms with Gasteiger partial charge >= 0.3 is 0 Å². The number of halogens is 1. The topological polar surface area (TPSA) is 215 Å². The smallest absolute Gasteiger partial charge is 0.266 e. The molecule has 2 aromatic heterocycles. The predicted molar refractivity (Wildman–Crippen MR) is 128 cm³/mol. The summed E-state index contributed by atoms with van der Waals surface area (Å²) in [5.41, 5.74) is 16.2. The van der Waals surface area contributed by atoms with Gasteiger partial charge in [0, 0.05) is 5.56 Å². The molecule has 4 aromatic rings. The van der Waals surface area contributed by atoms with E-state index in [-0.39, 0.29) is 56.7 Å². The molecule has 0 spiro atoms. The molecule has 12 nitrogen and oxygen atoms in total. The van der Waals surface area contributed by atoms with E-state index in [0.29, 0.717) is 0 Å². The zero-order valence-corrected chi connectivity index (χ0v) is 18.7. The molecule has 7 N–H and O–H groups in total. The van der Waals surface area contributed by atoms with Crippen molar-refractivity contribution in [2.24, 2.45) is 5.73 Å². The molecule has 0 fully saturated rings. The standard InChI is InChI=1S/C23H17FN10O2/c1-10(30-20-16(9-26)18(27)32-23(29)33-20)21-31-17-12(8-25)5-13(24)7-15(17)22(36)34(21)14-4-2-3-11(6-14)19(28)35/h2-7,10H,1H3,(H2,28,35)(H5,27,29,30,32,33). The normalized spacial score (nSPS) is 11.4. The van der Waals surface area contributed by atoms with Crippen molar-refractivity contribution in [1.29, 1.82) is 10.5 Å². The number of nitriles is 2. The molecule has 178 valence electrons. The van der Waals surface area contributed by atoms with Gasteiger partial charge in [-0.2, -0.15) is 20.5 Å². The van der Waals surface area contributed by atoms with E-state index in [4.69, 9.17) is 17.2 Å². The average molecular weight is 484 g/mol. The van der Waals surface area contributed by atoms with Gasteiger partial charge in [0.1, 0.15) is 35.2 Å². The van der Waals surface area contributed by atoms with Crippen LogP contribution in [0.25, 0.3) is 16.6 Å². The zero-order valence-electron chi connectivity index (χ0n) is 18.7. The van der Waals surface area contributed by atoms with Crippen LogP contribution in [0.3, 0.4) is 0 Å². The van der Waals surface area contributed by atoms with Gasteiger partial charge in [-0.1, -0.05) is 6.07 Å². The van der Waals surface area contributed by atoms with Gasteiger partial charge in [-0.05, 0) is 37.3 Å². The second-order valence-electron chi connectivity index (χ2n) is 7.65. The highest BCUT2D eigenvalue weighted by atomic mass is 19.1. The zero-order chi connectivity index (χ0) is 26.1. The number of benzene rings is 2. The summed E-state index contributed by atoms with van der Waals surface area (Å²) in [5, 5.41) is 21.8. The molecular formula is C23H17FN10O2. The number of nitrogens with zero attached hydrogens (tertiary/aromatic N) is 6. The Morgan fingerprint density at radius 1 is 1.14 bits per heavy atom. The molecule has 0 aliphatic heterocycles. The summed E-state index contributed by atoms with van der Waals surface area (Å²) in [5.74, 6) is -1.82. The Morgan fingerprint density at radius 3 is 2.56 bits per heavy atom. The second kappa shape index (κ2) is 9.00. The van der Waals surface area contributed by atoms with Gasteiger partial charge in [0.25, 0.3) is 5.56 Å². The van der Waals surface area contributed by atoms with Crippen molar-refractivity contribution in [3.63, 3.8) is 0 Å². The molecule has 36 heavy (non-hydrogen) atoms. The molecule has 0 aliphatic rings. The van der Waals surface area contributed by atoms with E-state index in [1.54, 1.807) is 6.92 Å². The van der Waals surface area contributed by atoms with Crippen LogP contribution in [-0.2, 0) is 0 Å². The number of aromatic nitrogens is 4. The summed E-state index contributed by atoms with van der Waals surface area (Å²) in [7, 11) is 0. The van der Waals surface area contributed by atoms with Gasteiger partial charge < -0.3 is 22.5 Å². The molecule has 2 heterocycles. The van der Waals surface area contributed by atoms with E-state index in [0.717, 1.165) is 16.7 Å². The molecule has 0 bridgehead atoms. The molecule has 0 aliphatic carbocycles. The quantitative estimate of drug-likeness (QED) is 0.320. The number of carbonyl (C=O) groups excluding carboxylic acids is 1. The lowest BCUT2D eigenvalue weighted by molar-refractivity contribution is 0.1000. The van der Waals surface area contributed by atoms with Crippen LogP contribution in [-0.4, -0.2) is 25.4 Å². The Hall–Kier alpha value is -5.56. The monoisotopic (exact) mass is 484 g/mol. The van der Waals surface area contributed by atoms with Crippen molar-refractivity contribution in [2.45, 2.75) is 13.0 Å². The number of rotatable bonds is 5. The number of primary amides is 1. The third-order valence-corrected chi connectivity index (χ3v) is 5.28. The molecule has 2 aromatic carbocycles. The minimum atomic E-state index is -0.850. The lowest BCUT2D eigenvalue weighted by Gasteiger charge is -2.21. The van der Waals surface area contributed by atoms with E-state index >= 15 is 0 Å². The fourth-order valence-corrected chi connectivity index (χ4v) is 3.68. The van der Waals surface area contributed by atoms with E-state index in [9.17, 15) is 24.5 Å². The van der Waals surface area contributed by atoms with Crippen molar-refractivity contribution < 1.29 is 9.18 Å². The maximum atomic E-state index is 14.2. The minimum Gasteiger partial charge on any atom is -0.382 e. The van der Waals surface area contributed by atoms with Crippen LogP contribution in [0.15, 0.2) is 41.2 Å². The van der Waals surface area contributed by atoms with Gasteiger partial charge in [-0.15, -0.1) is 0 Å². The van der Waals surface area contributed by atoms with Gasteiger partial charge in [0.15, 0.2) is 5.82 Å². The third-order valence-electron chi connectivity index (χ3n) is 5.28. The first-order valence-corrected chi connectivity index (χ1v) is 10.3. The number of hydrogen-bond acceptors (Lipinski definition) is 10. The molecule has 1 atom stereocenters. The van der Waals surface area contributed by atoms with E-state index < -0.39 is 23.3 Å². The number of anilines is 3. The Morgan fingerprint density at radius 2 is 1.89 bits per heavy atom. The molecule has 1 unspecified atom stereocenters. The van der Waals surface area contributed by atoms with Crippen LogP contribution in [0.1, 0.15) is 40.3 Å². The number of amides is 1. The highest BCUT2D eigenvalue weighted by molar-refractivity contribution is 5.93. The molecule has 0 saturated heterocycles. The van der Waals surface area contributed by atoms with Gasteiger partial charge in [-0.3, -0.25) is 14.2 Å². The summed E-state index contributed by atoms with van der Waals surface area (Å²) in [4.78, 5) is 37.7. The number of nitrogens with two attached hydrogens (primary N) is 3. The summed E-state index contributed by atoms with van der Waals surface area (Å²) in [6.45, 7) is 1.60. The summed E-state index contributed by atoms with van der Waals surface area (Å²) in [6.07, 6.45) is 0. The van der Waals surface area contributed by atoms with Crippen molar-refractivity contribution in [3.05, 3.63) is 75.1 Å². The van der Waals surface area contributed by atoms with E-state index in [2.05, 4.69) is 20.3 Å². The molecular weight excluding hydrogens is 467 g/mol. The molecule has 0 radical (unpaired) electrons. The first kappa shape index (κ1) is 23.6. The molecule has 4 rings (SSSR count). The molecule has 1 amide bonds. The maximum Gasteiger partial charge on any atom is 0.266 e.